The maximum absolute atomic E-state index is 6.07. The minimum Gasteiger partial charge on any atom is -0.497 e. The zero-order valence-corrected chi connectivity index (χ0v) is 16.9. The first-order valence-electron chi connectivity index (χ1n) is 10.6. The topological polar surface area (TPSA) is 42.5 Å². The molecule has 4 rings (SSSR count). The van der Waals surface area contributed by atoms with E-state index in [4.69, 9.17) is 9.47 Å². The van der Waals surface area contributed by atoms with Crippen molar-refractivity contribution in [2.75, 3.05) is 33.4 Å². The number of hydrogen-bond acceptors (Lipinski definition) is 4. The van der Waals surface area contributed by atoms with Crippen LogP contribution in [0.2, 0.25) is 0 Å². The van der Waals surface area contributed by atoms with E-state index < -0.39 is 0 Å². The van der Waals surface area contributed by atoms with Gasteiger partial charge in [-0.15, -0.1) is 0 Å². The molecule has 2 heterocycles. The van der Waals surface area contributed by atoms with Crippen molar-refractivity contribution in [1.82, 2.24) is 10.6 Å². The molecular formula is C24H32N2O2. The van der Waals surface area contributed by atoms with Gasteiger partial charge in [-0.05, 0) is 85.6 Å². The fourth-order valence-electron chi connectivity index (χ4n) is 4.49. The summed E-state index contributed by atoms with van der Waals surface area (Å²) in [6.45, 7) is 5.05. The summed E-state index contributed by atoms with van der Waals surface area (Å²) in [5, 5.41) is 7.06. The van der Waals surface area contributed by atoms with E-state index in [1.807, 2.05) is 12.1 Å². The molecule has 0 saturated carbocycles. The lowest BCUT2D eigenvalue weighted by Gasteiger charge is -2.27. The number of nitrogens with one attached hydrogen (secondary N) is 2. The second kappa shape index (κ2) is 9.44. The molecule has 0 aromatic heterocycles. The highest BCUT2D eigenvalue weighted by molar-refractivity contribution is 5.45. The Hall–Kier alpha value is -2.04. The van der Waals surface area contributed by atoms with E-state index in [2.05, 4.69) is 41.0 Å². The van der Waals surface area contributed by atoms with Gasteiger partial charge in [0.15, 0.2) is 0 Å². The predicted octanol–water partition coefficient (Wildman–Crippen LogP) is 4.09. The number of benzene rings is 2. The number of ether oxygens (including phenoxy) is 2. The summed E-state index contributed by atoms with van der Waals surface area (Å²) in [5.41, 5.74) is 4.08. The molecule has 0 bridgehead atoms. The second-order valence-corrected chi connectivity index (χ2v) is 8.02. The highest BCUT2D eigenvalue weighted by Crippen LogP contribution is 2.33. The van der Waals surface area contributed by atoms with Gasteiger partial charge in [0.2, 0.25) is 0 Å². The molecule has 2 aromatic rings. The van der Waals surface area contributed by atoms with Crippen molar-refractivity contribution < 1.29 is 9.47 Å². The van der Waals surface area contributed by atoms with Gasteiger partial charge >= 0.3 is 0 Å². The molecule has 4 nitrogen and oxygen atoms in total. The van der Waals surface area contributed by atoms with E-state index in [9.17, 15) is 0 Å². The molecule has 0 amide bonds. The van der Waals surface area contributed by atoms with E-state index in [1.54, 1.807) is 7.11 Å². The zero-order valence-electron chi connectivity index (χ0n) is 16.9. The van der Waals surface area contributed by atoms with Gasteiger partial charge in [0.25, 0.3) is 0 Å². The first kappa shape index (κ1) is 19.3. The van der Waals surface area contributed by atoms with Crippen LogP contribution in [0.25, 0.3) is 0 Å². The quantitative estimate of drug-likeness (QED) is 0.710. The highest BCUT2D eigenvalue weighted by atomic mass is 16.5. The molecule has 1 fully saturated rings. The van der Waals surface area contributed by atoms with Crippen molar-refractivity contribution in [2.24, 2.45) is 5.92 Å². The largest absolute Gasteiger partial charge is 0.497 e. The van der Waals surface area contributed by atoms with E-state index in [0.717, 1.165) is 43.5 Å². The Morgan fingerprint density at radius 2 is 1.86 bits per heavy atom. The fourth-order valence-corrected chi connectivity index (χ4v) is 4.49. The molecule has 2 aliphatic rings. The van der Waals surface area contributed by atoms with Gasteiger partial charge in [-0.2, -0.15) is 0 Å². The maximum Gasteiger partial charge on any atom is 0.119 e. The van der Waals surface area contributed by atoms with Gasteiger partial charge in [0, 0.05) is 19.0 Å². The van der Waals surface area contributed by atoms with E-state index in [0.29, 0.717) is 5.92 Å². The van der Waals surface area contributed by atoms with Crippen LogP contribution in [0.4, 0.5) is 0 Å². The predicted molar refractivity (Wildman–Crippen MR) is 113 cm³/mol. The standard InChI is InChI=1S/C24H32N2O2/c1-27-21-8-6-19(7-9-21)24-17-26-16-20-14-22(10-11-23(20)24)28-13-3-5-18-4-2-12-25-15-18/h6-11,14,18,24-26H,2-5,12-13,15-17H2,1H3. The molecule has 2 unspecified atom stereocenters. The Labute approximate surface area is 168 Å². The number of hydrogen-bond donors (Lipinski definition) is 2. The third-order valence-corrected chi connectivity index (χ3v) is 6.10. The van der Waals surface area contributed by atoms with Gasteiger partial charge in [0.05, 0.1) is 13.7 Å². The number of methoxy groups -OCH3 is 1. The summed E-state index contributed by atoms with van der Waals surface area (Å²) < 4.78 is 11.4. The van der Waals surface area contributed by atoms with Crippen molar-refractivity contribution >= 4 is 0 Å². The Balaban J connectivity index is 1.35. The summed E-state index contributed by atoms with van der Waals surface area (Å²) in [6.07, 6.45) is 5.08. The van der Waals surface area contributed by atoms with Crippen LogP contribution in [-0.4, -0.2) is 33.4 Å². The van der Waals surface area contributed by atoms with Crippen molar-refractivity contribution in [1.29, 1.82) is 0 Å². The van der Waals surface area contributed by atoms with Crippen LogP contribution in [-0.2, 0) is 6.54 Å². The third-order valence-electron chi connectivity index (χ3n) is 6.10. The molecule has 1 saturated heterocycles. The van der Waals surface area contributed by atoms with Gasteiger partial charge in [-0.1, -0.05) is 18.2 Å². The first-order chi connectivity index (χ1) is 13.8. The molecule has 2 aliphatic heterocycles. The molecule has 2 aromatic carbocycles. The molecule has 150 valence electrons. The van der Waals surface area contributed by atoms with Crippen LogP contribution in [0.5, 0.6) is 11.5 Å². The molecule has 2 atom stereocenters. The van der Waals surface area contributed by atoms with Crippen molar-refractivity contribution in [3.8, 4) is 11.5 Å². The van der Waals surface area contributed by atoms with Gasteiger partial charge in [-0.25, -0.2) is 0 Å². The third kappa shape index (κ3) is 4.68. The molecule has 0 aliphatic carbocycles. The Kier molecular flexibility index (Phi) is 6.50. The van der Waals surface area contributed by atoms with Crippen LogP contribution in [0.15, 0.2) is 42.5 Å². The summed E-state index contributed by atoms with van der Waals surface area (Å²) in [7, 11) is 1.71. The average molecular weight is 381 g/mol. The Morgan fingerprint density at radius 3 is 2.64 bits per heavy atom. The second-order valence-electron chi connectivity index (χ2n) is 8.02. The lowest BCUT2D eigenvalue weighted by molar-refractivity contribution is 0.275. The molecule has 2 N–H and O–H groups in total. The minimum absolute atomic E-state index is 0.377. The zero-order chi connectivity index (χ0) is 19.2. The Bertz CT molecular complexity index is 754. The summed E-state index contributed by atoms with van der Waals surface area (Å²) >= 11 is 0. The molecular weight excluding hydrogens is 348 g/mol. The van der Waals surface area contributed by atoms with Crippen LogP contribution in [0.3, 0.4) is 0 Å². The Morgan fingerprint density at radius 1 is 1.00 bits per heavy atom. The van der Waals surface area contributed by atoms with Crippen molar-refractivity contribution in [3.63, 3.8) is 0 Å². The van der Waals surface area contributed by atoms with Crippen LogP contribution < -0.4 is 20.1 Å². The van der Waals surface area contributed by atoms with E-state index >= 15 is 0 Å². The average Bonchev–Trinajstić information content (AvgIpc) is 2.77. The fraction of sp³-hybridized carbons (Fsp3) is 0.500. The molecule has 0 radical (unpaired) electrons. The van der Waals surface area contributed by atoms with Crippen LogP contribution in [0.1, 0.15) is 48.3 Å². The summed E-state index contributed by atoms with van der Waals surface area (Å²) in [4.78, 5) is 0. The monoisotopic (exact) mass is 380 g/mol. The lowest BCUT2D eigenvalue weighted by atomic mass is 9.85. The highest BCUT2D eigenvalue weighted by Gasteiger charge is 2.22. The van der Waals surface area contributed by atoms with Gasteiger partial charge in [0.1, 0.15) is 11.5 Å². The molecule has 4 heteroatoms. The lowest BCUT2D eigenvalue weighted by Crippen LogP contribution is -2.29. The maximum atomic E-state index is 6.07. The van der Waals surface area contributed by atoms with Crippen molar-refractivity contribution in [2.45, 2.75) is 38.1 Å². The normalized spacial score (nSPS) is 21.8. The number of rotatable bonds is 7. The number of fused-ring (bicyclic) bond motifs is 1. The minimum atomic E-state index is 0.377. The van der Waals surface area contributed by atoms with Crippen LogP contribution >= 0.6 is 0 Å². The summed E-state index contributed by atoms with van der Waals surface area (Å²) in [5.74, 6) is 3.11. The van der Waals surface area contributed by atoms with Crippen molar-refractivity contribution in [3.05, 3.63) is 59.2 Å². The van der Waals surface area contributed by atoms with E-state index in [-0.39, 0.29) is 0 Å². The molecule has 28 heavy (non-hydrogen) atoms. The van der Waals surface area contributed by atoms with Gasteiger partial charge in [-0.3, -0.25) is 0 Å². The van der Waals surface area contributed by atoms with Gasteiger partial charge < -0.3 is 20.1 Å². The summed E-state index contributed by atoms with van der Waals surface area (Å²) in [6, 6.07) is 15.1. The first-order valence-corrected chi connectivity index (χ1v) is 10.6. The smallest absolute Gasteiger partial charge is 0.119 e. The number of piperidine rings is 1. The van der Waals surface area contributed by atoms with Crippen LogP contribution in [0, 0.1) is 5.92 Å². The SMILES string of the molecule is COc1ccc(C2CNCc3cc(OCCCC4CCCNC4)ccc32)cc1. The van der Waals surface area contributed by atoms with E-state index in [1.165, 1.54) is 49.0 Å². The molecule has 0 spiro atoms.